The number of hydrogen-bond donors (Lipinski definition) is 1. The van der Waals surface area contributed by atoms with E-state index in [1.807, 2.05) is 13.0 Å². The summed E-state index contributed by atoms with van der Waals surface area (Å²) in [6.45, 7) is 7.67. The van der Waals surface area contributed by atoms with Crippen LogP contribution >= 0.6 is 23.2 Å². The van der Waals surface area contributed by atoms with Crippen LogP contribution < -0.4 is 10.6 Å². The average molecular weight is 487 g/mol. The summed E-state index contributed by atoms with van der Waals surface area (Å²) in [6, 6.07) is 10.3. The highest BCUT2D eigenvalue weighted by molar-refractivity contribution is 6.37. The molecule has 0 saturated heterocycles. The van der Waals surface area contributed by atoms with Crippen molar-refractivity contribution in [1.29, 1.82) is 0 Å². The molecule has 172 valence electrons. The molecule has 0 radical (unpaired) electrons. The summed E-state index contributed by atoms with van der Waals surface area (Å²) in [5.41, 5.74) is 2.27. The summed E-state index contributed by atoms with van der Waals surface area (Å²) in [5, 5.41) is 17.4. The SMILES string of the molecule is C=C(C)c1cn(-c2c(Cl)cccc2Cl)c(=O)c2ccc(N(C)/N=C(/CO)N(C=O)CC)cc12. The van der Waals surface area contributed by atoms with Gasteiger partial charge in [0, 0.05) is 30.7 Å². The van der Waals surface area contributed by atoms with E-state index in [4.69, 9.17) is 23.2 Å². The maximum Gasteiger partial charge on any atom is 0.263 e. The maximum absolute atomic E-state index is 13.4. The minimum absolute atomic E-state index is 0.207. The number of carbonyl (C=O) groups excluding carboxylic acids is 1. The van der Waals surface area contributed by atoms with E-state index in [-0.39, 0.29) is 11.4 Å². The number of aromatic nitrogens is 1. The number of benzene rings is 2. The molecule has 0 bridgehead atoms. The van der Waals surface area contributed by atoms with Gasteiger partial charge in [-0.2, -0.15) is 5.10 Å². The van der Waals surface area contributed by atoms with Crippen molar-refractivity contribution in [3.8, 4) is 5.69 Å². The number of hydrogen-bond acceptors (Lipinski definition) is 5. The predicted octanol–water partition coefficient (Wildman–Crippen LogP) is 4.55. The number of nitrogens with zero attached hydrogens (tertiary/aromatic N) is 4. The second-order valence-corrected chi connectivity index (χ2v) is 8.20. The van der Waals surface area contributed by atoms with Gasteiger partial charge < -0.3 is 5.11 Å². The van der Waals surface area contributed by atoms with Crippen molar-refractivity contribution < 1.29 is 9.90 Å². The van der Waals surface area contributed by atoms with Gasteiger partial charge in [0.05, 0.1) is 21.4 Å². The molecule has 0 saturated carbocycles. The molecule has 9 heteroatoms. The normalized spacial score (nSPS) is 11.5. The molecule has 0 fully saturated rings. The van der Waals surface area contributed by atoms with Gasteiger partial charge >= 0.3 is 0 Å². The zero-order chi connectivity index (χ0) is 24.3. The number of allylic oxidation sites excluding steroid dienone is 1. The Labute approximate surface area is 201 Å². The van der Waals surface area contributed by atoms with Crippen LogP contribution in [-0.4, -0.2) is 47.0 Å². The quantitative estimate of drug-likeness (QED) is 0.230. The van der Waals surface area contributed by atoms with Crippen LogP contribution in [0, 0.1) is 0 Å². The van der Waals surface area contributed by atoms with Crippen LogP contribution in [0.5, 0.6) is 0 Å². The largest absolute Gasteiger partial charge is 0.388 e. The van der Waals surface area contributed by atoms with Gasteiger partial charge in [-0.3, -0.25) is 24.1 Å². The van der Waals surface area contributed by atoms with Gasteiger partial charge in [-0.15, -0.1) is 0 Å². The number of anilines is 1. The van der Waals surface area contributed by atoms with Gasteiger partial charge in [-0.25, -0.2) is 0 Å². The fraction of sp³-hybridized carbons (Fsp3) is 0.208. The Bertz CT molecular complexity index is 1300. The van der Waals surface area contributed by atoms with Crippen LogP contribution in [0.1, 0.15) is 19.4 Å². The van der Waals surface area contributed by atoms with E-state index in [1.165, 1.54) is 14.5 Å². The standard InChI is InChI=1S/C24H24Cl2N4O3/c1-5-29(14-32)22(13-31)27-28(4)16-9-10-17-18(11-16)19(15(2)3)12-30(24(17)33)23-20(25)7-6-8-21(23)26/h6-12,14,31H,2,5,13H2,1,3-4H3/b27-22-. The first-order valence-corrected chi connectivity index (χ1v) is 10.9. The summed E-state index contributed by atoms with van der Waals surface area (Å²) in [6.07, 6.45) is 2.29. The number of aliphatic hydroxyl groups is 1. The lowest BCUT2D eigenvalue weighted by molar-refractivity contribution is -0.114. The smallest absolute Gasteiger partial charge is 0.263 e. The lowest BCUT2D eigenvalue weighted by Gasteiger charge is -2.21. The Balaban J connectivity index is 2.22. The zero-order valence-corrected chi connectivity index (χ0v) is 20.1. The number of para-hydroxylation sites is 1. The number of pyridine rings is 1. The van der Waals surface area contributed by atoms with E-state index in [0.29, 0.717) is 45.1 Å². The summed E-state index contributed by atoms with van der Waals surface area (Å²) in [4.78, 5) is 25.9. The number of halogens is 2. The second kappa shape index (κ2) is 10.2. The Hall–Kier alpha value is -3.13. The first-order valence-electron chi connectivity index (χ1n) is 10.2. The van der Waals surface area contributed by atoms with Gasteiger partial charge in [0.15, 0.2) is 5.84 Å². The van der Waals surface area contributed by atoms with E-state index < -0.39 is 6.61 Å². The van der Waals surface area contributed by atoms with Crippen molar-refractivity contribution in [2.75, 3.05) is 25.2 Å². The fourth-order valence-electron chi connectivity index (χ4n) is 3.48. The molecule has 0 aliphatic heterocycles. The van der Waals surface area contributed by atoms with Gasteiger partial charge in [-0.05, 0) is 55.1 Å². The number of carbonyl (C=O) groups is 1. The molecule has 1 amide bonds. The van der Waals surface area contributed by atoms with Crippen molar-refractivity contribution in [3.63, 3.8) is 0 Å². The molecule has 7 nitrogen and oxygen atoms in total. The van der Waals surface area contributed by atoms with Gasteiger partial charge in [0.1, 0.15) is 6.61 Å². The molecule has 0 aliphatic rings. The highest BCUT2D eigenvalue weighted by Gasteiger charge is 2.17. The lowest BCUT2D eigenvalue weighted by Crippen LogP contribution is -2.34. The number of fused-ring (bicyclic) bond motifs is 1. The monoisotopic (exact) mass is 486 g/mol. The van der Waals surface area contributed by atoms with E-state index in [2.05, 4.69) is 11.7 Å². The maximum atomic E-state index is 13.4. The summed E-state index contributed by atoms with van der Waals surface area (Å²) in [5.74, 6) is 0.207. The van der Waals surface area contributed by atoms with Crippen LogP contribution in [0.2, 0.25) is 10.0 Å². The summed E-state index contributed by atoms with van der Waals surface area (Å²) in [7, 11) is 1.70. The Morgan fingerprint density at radius 1 is 1.21 bits per heavy atom. The van der Waals surface area contributed by atoms with Crippen LogP contribution in [-0.2, 0) is 4.79 Å². The first kappa shape index (κ1) is 24.5. The number of amides is 1. The molecule has 3 aromatic rings. The van der Waals surface area contributed by atoms with E-state index >= 15 is 0 Å². The molecular formula is C24H24Cl2N4O3. The zero-order valence-electron chi connectivity index (χ0n) is 18.5. The third-order valence-corrected chi connectivity index (χ3v) is 5.83. The van der Waals surface area contributed by atoms with Crippen LogP contribution in [0.15, 0.2) is 59.1 Å². The van der Waals surface area contributed by atoms with E-state index in [1.54, 1.807) is 50.5 Å². The Morgan fingerprint density at radius 2 is 1.88 bits per heavy atom. The molecule has 2 aromatic carbocycles. The third-order valence-electron chi connectivity index (χ3n) is 5.22. The molecule has 1 heterocycles. The van der Waals surface area contributed by atoms with Crippen molar-refractivity contribution in [2.45, 2.75) is 13.8 Å². The van der Waals surface area contributed by atoms with Gasteiger partial charge in [0.2, 0.25) is 6.41 Å². The lowest BCUT2D eigenvalue weighted by atomic mass is 10.0. The van der Waals surface area contributed by atoms with Crippen molar-refractivity contribution in [2.24, 2.45) is 5.10 Å². The highest BCUT2D eigenvalue weighted by Crippen LogP contribution is 2.31. The Kier molecular flexibility index (Phi) is 7.58. The minimum atomic E-state index is -0.398. The van der Waals surface area contributed by atoms with Crippen LogP contribution in [0.25, 0.3) is 22.0 Å². The van der Waals surface area contributed by atoms with Crippen LogP contribution in [0.3, 0.4) is 0 Å². The third kappa shape index (κ3) is 4.80. The number of rotatable bonds is 7. The molecule has 0 unspecified atom stereocenters. The molecule has 0 atom stereocenters. The second-order valence-electron chi connectivity index (χ2n) is 7.39. The van der Waals surface area contributed by atoms with Crippen molar-refractivity contribution in [1.82, 2.24) is 9.47 Å². The number of hydrazone groups is 1. The molecule has 0 aliphatic carbocycles. The number of likely N-dealkylation sites (N-methyl/N-ethyl adjacent to an activating group) is 1. The Morgan fingerprint density at radius 3 is 2.42 bits per heavy atom. The number of aliphatic hydroxyl groups excluding tert-OH is 1. The van der Waals surface area contributed by atoms with Crippen LogP contribution in [0.4, 0.5) is 5.69 Å². The summed E-state index contributed by atoms with van der Waals surface area (Å²) >= 11 is 12.7. The van der Waals surface area contributed by atoms with Gasteiger partial charge in [0.25, 0.3) is 5.56 Å². The molecular weight excluding hydrogens is 463 g/mol. The first-order chi connectivity index (χ1) is 15.7. The van der Waals surface area contributed by atoms with Crippen molar-refractivity contribution >= 4 is 57.5 Å². The number of amidine groups is 1. The van der Waals surface area contributed by atoms with E-state index in [0.717, 1.165) is 11.1 Å². The molecule has 0 spiro atoms. The molecule has 33 heavy (non-hydrogen) atoms. The topological polar surface area (TPSA) is 78.1 Å². The summed E-state index contributed by atoms with van der Waals surface area (Å²) < 4.78 is 1.44. The fourth-order valence-corrected chi connectivity index (χ4v) is 4.06. The molecule has 1 aromatic heterocycles. The molecule has 3 rings (SSSR count). The average Bonchev–Trinajstić information content (AvgIpc) is 2.79. The highest BCUT2D eigenvalue weighted by atomic mass is 35.5. The van der Waals surface area contributed by atoms with Gasteiger partial charge in [-0.1, -0.05) is 35.8 Å². The van der Waals surface area contributed by atoms with E-state index in [9.17, 15) is 14.7 Å². The molecule has 1 N–H and O–H groups in total. The van der Waals surface area contributed by atoms with Crippen molar-refractivity contribution in [3.05, 3.63) is 75.1 Å². The minimum Gasteiger partial charge on any atom is -0.388 e. The predicted molar refractivity (Wildman–Crippen MR) is 136 cm³/mol.